The molecule has 0 amide bonds. The first-order valence-electron chi connectivity index (χ1n) is 8.36. The molecular formula is C20H16F2N2O5. The van der Waals surface area contributed by atoms with Crippen LogP contribution in [0.1, 0.15) is 11.3 Å². The second-order valence-electron chi connectivity index (χ2n) is 5.80. The molecule has 0 unspecified atom stereocenters. The van der Waals surface area contributed by atoms with Crippen LogP contribution in [0.15, 0.2) is 42.5 Å². The van der Waals surface area contributed by atoms with E-state index >= 15 is 0 Å². The summed E-state index contributed by atoms with van der Waals surface area (Å²) in [5, 5.41) is 11.5. The molecule has 1 heterocycles. The van der Waals surface area contributed by atoms with Crippen LogP contribution in [0.4, 0.5) is 14.5 Å². The van der Waals surface area contributed by atoms with Gasteiger partial charge in [-0.3, -0.25) is 10.1 Å². The van der Waals surface area contributed by atoms with E-state index in [9.17, 15) is 18.9 Å². The highest BCUT2D eigenvalue weighted by atomic mass is 19.3. The monoisotopic (exact) mass is 402 g/mol. The van der Waals surface area contributed by atoms with Crippen molar-refractivity contribution in [1.29, 1.82) is 0 Å². The topological polar surface area (TPSA) is 83.7 Å². The number of nitrogens with zero attached hydrogens (tertiary/aromatic N) is 2. The highest BCUT2D eigenvalue weighted by Gasteiger charge is 2.17. The van der Waals surface area contributed by atoms with E-state index in [1.54, 1.807) is 36.4 Å². The molecule has 2 aromatic carbocycles. The highest BCUT2D eigenvalue weighted by Crippen LogP contribution is 2.40. The molecule has 0 bridgehead atoms. The van der Waals surface area contributed by atoms with Crippen LogP contribution in [0.3, 0.4) is 0 Å². The molecular weight excluding hydrogens is 386 g/mol. The normalized spacial score (nSPS) is 11.2. The Morgan fingerprint density at radius 1 is 1.07 bits per heavy atom. The Morgan fingerprint density at radius 2 is 1.76 bits per heavy atom. The van der Waals surface area contributed by atoms with Gasteiger partial charge in [0, 0.05) is 6.07 Å². The predicted octanol–water partition coefficient (Wildman–Crippen LogP) is 4.93. The van der Waals surface area contributed by atoms with E-state index in [0.29, 0.717) is 22.2 Å². The molecule has 29 heavy (non-hydrogen) atoms. The van der Waals surface area contributed by atoms with Crippen LogP contribution < -0.4 is 14.2 Å². The number of nitro groups is 1. The van der Waals surface area contributed by atoms with E-state index < -0.39 is 11.5 Å². The number of ether oxygens (including phenoxy) is 3. The van der Waals surface area contributed by atoms with E-state index in [4.69, 9.17) is 9.47 Å². The molecule has 0 aliphatic carbocycles. The molecule has 150 valence electrons. The Labute approximate surface area is 164 Å². The number of alkyl halides is 2. The molecule has 0 radical (unpaired) electrons. The zero-order chi connectivity index (χ0) is 21.0. The number of aromatic nitrogens is 1. The van der Waals surface area contributed by atoms with Crippen molar-refractivity contribution in [3.8, 4) is 17.2 Å². The van der Waals surface area contributed by atoms with Gasteiger partial charge in [0.05, 0.1) is 35.7 Å². The third-order valence-corrected chi connectivity index (χ3v) is 4.06. The first-order valence-corrected chi connectivity index (χ1v) is 8.36. The second-order valence-corrected chi connectivity index (χ2v) is 5.80. The number of benzene rings is 2. The smallest absolute Gasteiger partial charge is 0.387 e. The molecule has 7 nitrogen and oxygen atoms in total. The van der Waals surface area contributed by atoms with Crippen molar-refractivity contribution < 1.29 is 27.9 Å². The third-order valence-electron chi connectivity index (χ3n) is 4.06. The molecule has 0 N–H and O–H groups in total. The van der Waals surface area contributed by atoms with Crippen LogP contribution in [-0.4, -0.2) is 30.7 Å². The number of rotatable bonds is 7. The molecule has 0 aliphatic rings. The van der Waals surface area contributed by atoms with Crippen molar-refractivity contribution >= 4 is 28.7 Å². The maximum absolute atomic E-state index is 12.6. The first-order chi connectivity index (χ1) is 13.9. The van der Waals surface area contributed by atoms with Gasteiger partial charge in [-0.2, -0.15) is 8.78 Å². The number of methoxy groups -OCH3 is 2. The molecule has 3 aromatic rings. The van der Waals surface area contributed by atoms with Crippen LogP contribution in [0, 0.1) is 10.1 Å². The predicted molar refractivity (Wildman–Crippen MR) is 104 cm³/mol. The van der Waals surface area contributed by atoms with E-state index in [1.807, 2.05) is 0 Å². The summed E-state index contributed by atoms with van der Waals surface area (Å²) in [6.45, 7) is -3.02. The fraction of sp³-hybridized carbons (Fsp3) is 0.150. The summed E-state index contributed by atoms with van der Waals surface area (Å²) in [5.41, 5.74) is 1.62. The van der Waals surface area contributed by atoms with Gasteiger partial charge in [-0.1, -0.05) is 12.1 Å². The quantitative estimate of drug-likeness (QED) is 0.412. The lowest BCUT2D eigenvalue weighted by atomic mass is 10.1. The molecule has 9 heteroatoms. The Bertz CT molecular complexity index is 1060. The standard InChI is InChI=1S/C20H16F2N2O5/c1-27-17-10-12(11-18(28-2)19(17)29-20(21)22)6-7-13-8-9-14-15(23-13)4-3-5-16(14)24(25)26/h3-11,20H,1-2H3/b7-6+. The molecule has 0 atom stereocenters. The Kier molecular flexibility index (Phi) is 5.87. The van der Waals surface area contributed by atoms with Crippen molar-refractivity contribution in [3.05, 3.63) is 63.8 Å². The van der Waals surface area contributed by atoms with Gasteiger partial charge in [0.1, 0.15) is 0 Å². The largest absolute Gasteiger partial charge is 0.493 e. The molecule has 0 saturated carbocycles. The van der Waals surface area contributed by atoms with Crippen molar-refractivity contribution in [2.45, 2.75) is 6.61 Å². The van der Waals surface area contributed by atoms with Crippen molar-refractivity contribution in [2.24, 2.45) is 0 Å². The van der Waals surface area contributed by atoms with Gasteiger partial charge < -0.3 is 14.2 Å². The number of halogens is 2. The van der Waals surface area contributed by atoms with Crippen LogP contribution in [-0.2, 0) is 0 Å². The lowest BCUT2D eigenvalue weighted by molar-refractivity contribution is -0.383. The van der Waals surface area contributed by atoms with Crippen LogP contribution >= 0.6 is 0 Å². The molecule has 0 spiro atoms. The molecule has 0 saturated heterocycles. The van der Waals surface area contributed by atoms with Crippen LogP contribution in [0.25, 0.3) is 23.1 Å². The van der Waals surface area contributed by atoms with Crippen LogP contribution in [0.2, 0.25) is 0 Å². The minimum Gasteiger partial charge on any atom is -0.493 e. The summed E-state index contributed by atoms with van der Waals surface area (Å²) < 4.78 is 40.0. The van der Waals surface area contributed by atoms with E-state index in [-0.39, 0.29) is 22.9 Å². The molecule has 3 rings (SSSR count). The van der Waals surface area contributed by atoms with Gasteiger partial charge in [0.2, 0.25) is 5.75 Å². The maximum Gasteiger partial charge on any atom is 0.387 e. The minimum absolute atomic E-state index is 0.0189. The number of nitro benzene ring substituents is 1. The first kappa shape index (κ1) is 20.0. The lowest BCUT2D eigenvalue weighted by Crippen LogP contribution is -2.05. The maximum atomic E-state index is 12.6. The van der Waals surface area contributed by atoms with Gasteiger partial charge in [-0.25, -0.2) is 4.98 Å². The van der Waals surface area contributed by atoms with Gasteiger partial charge in [-0.15, -0.1) is 0 Å². The van der Waals surface area contributed by atoms with Crippen molar-refractivity contribution in [1.82, 2.24) is 4.98 Å². The van der Waals surface area contributed by atoms with E-state index in [2.05, 4.69) is 9.72 Å². The summed E-state index contributed by atoms with van der Waals surface area (Å²) in [6, 6.07) is 11.0. The Morgan fingerprint density at radius 3 is 2.34 bits per heavy atom. The summed E-state index contributed by atoms with van der Waals surface area (Å²) >= 11 is 0. The van der Waals surface area contributed by atoms with Gasteiger partial charge >= 0.3 is 6.61 Å². The highest BCUT2D eigenvalue weighted by molar-refractivity contribution is 5.89. The van der Waals surface area contributed by atoms with Gasteiger partial charge in [0.25, 0.3) is 5.69 Å². The van der Waals surface area contributed by atoms with E-state index in [0.717, 1.165) is 0 Å². The zero-order valence-corrected chi connectivity index (χ0v) is 15.5. The average Bonchev–Trinajstić information content (AvgIpc) is 2.71. The number of pyridine rings is 1. The summed E-state index contributed by atoms with van der Waals surface area (Å²) in [7, 11) is 2.66. The number of hydrogen-bond donors (Lipinski definition) is 0. The molecule has 1 aromatic heterocycles. The Balaban J connectivity index is 1.96. The van der Waals surface area contributed by atoms with Crippen LogP contribution in [0.5, 0.6) is 17.2 Å². The third kappa shape index (κ3) is 4.40. The van der Waals surface area contributed by atoms with E-state index in [1.165, 1.54) is 32.4 Å². The summed E-state index contributed by atoms with van der Waals surface area (Å²) in [5.74, 6) is -0.0175. The van der Waals surface area contributed by atoms with Gasteiger partial charge in [-0.05, 0) is 42.0 Å². The SMILES string of the molecule is COc1cc(/C=C/c2ccc3c([N+](=O)[O-])cccc3n2)cc(OC)c1OC(F)F. The zero-order valence-electron chi connectivity index (χ0n) is 15.5. The fourth-order valence-corrected chi connectivity index (χ4v) is 2.79. The van der Waals surface area contributed by atoms with Crippen molar-refractivity contribution in [2.75, 3.05) is 14.2 Å². The summed E-state index contributed by atoms with van der Waals surface area (Å²) in [6.07, 6.45) is 3.36. The van der Waals surface area contributed by atoms with Gasteiger partial charge in [0.15, 0.2) is 11.5 Å². The summed E-state index contributed by atoms with van der Waals surface area (Å²) in [4.78, 5) is 15.0. The molecule has 0 aliphatic heterocycles. The minimum atomic E-state index is -3.02. The van der Waals surface area contributed by atoms with Crippen molar-refractivity contribution in [3.63, 3.8) is 0 Å². The Hall–Kier alpha value is -3.75. The molecule has 0 fully saturated rings. The fourth-order valence-electron chi connectivity index (χ4n) is 2.79. The second kappa shape index (κ2) is 8.51. The average molecular weight is 402 g/mol. The number of fused-ring (bicyclic) bond motifs is 1. The number of non-ortho nitro benzene ring substituents is 1. The lowest BCUT2D eigenvalue weighted by Gasteiger charge is -2.14. The number of hydrogen-bond acceptors (Lipinski definition) is 6.